The monoisotopic (exact) mass is 510 g/mol. The number of H-pyrrole nitrogens is 2. The summed E-state index contributed by atoms with van der Waals surface area (Å²) >= 11 is 0. The third kappa shape index (κ3) is 3.88. The summed E-state index contributed by atoms with van der Waals surface area (Å²) in [4.78, 5) is 16.6. The lowest BCUT2D eigenvalue weighted by Gasteiger charge is -2.12. The van der Waals surface area contributed by atoms with Crippen LogP contribution >= 0.6 is 0 Å². The third-order valence-electron chi connectivity index (χ3n) is 6.31. The Morgan fingerprint density at radius 2 is 1.89 bits per heavy atom. The fourth-order valence-electron chi connectivity index (χ4n) is 4.42. The summed E-state index contributed by atoms with van der Waals surface area (Å²) in [5.41, 5.74) is 10.9. The Labute approximate surface area is 214 Å². The molecule has 10 heteroatoms. The van der Waals surface area contributed by atoms with E-state index >= 15 is 0 Å². The highest BCUT2D eigenvalue weighted by Gasteiger charge is 2.21. The van der Waals surface area contributed by atoms with E-state index in [0.29, 0.717) is 22.7 Å². The highest BCUT2D eigenvalue weighted by Crippen LogP contribution is 2.32. The number of fused-ring (bicyclic) bond motifs is 1. The van der Waals surface area contributed by atoms with Crippen molar-refractivity contribution in [3.05, 3.63) is 108 Å². The fraction of sp³-hybridized carbons (Fsp3) is 0.0357. The number of ketones is 1. The van der Waals surface area contributed by atoms with Crippen LogP contribution in [0.25, 0.3) is 27.7 Å². The van der Waals surface area contributed by atoms with Crippen LogP contribution in [0.15, 0.2) is 79.3 Å². The lowest BCUT2D eigenvalue weighted by molar-refractivity contribution is 0.103. The van der Waals surface area contributed by atoms with Gasteiger partial charge in [-0.25, -0.2) is 9.07 Å². The van der Waals surface area contributed by atoms with E-state index in [-0.39, 0.29) is 22.9 Å². The molecule has 0 aliphatic carbocycles. The lowest BCUT2D eigenvalue weighted by atomic mass is 10.0. The molecule has 0 amide bonds. The molecule has 8 nitrogen and oxygen atoms in total. The van der Waals surface area contributed by atoms with Gasteiger partial charge in [0, 0.05) is 22.7 Å². The summed E-state index contributed by atoms with van der Waals surface area (Å²) in [5, 5.41) is 12.0. The van der Waals surface area contributed by atoms with E-state index in [9.17, 15) is 13.6 Å². The maximum Gasteiger partial charge on any atom is 0.214 e. The summed E-state index contributed by atoms with van der Waals surface area (Å²) in [5.74, 6) is -2.12. The Balaban J connectivity index is 1.30. The van der Waals surface area contributed by atoms with Crippen LogP contribution in [0.2, 0.25) is 0 Å². The van der Waals surface area contributed by atoms with Crippen molar-refractivity contribution in [3.8, 4) is 28.3 Å². The molecule has 0 saturated heterocycles. The van der Waals surface area contributed by atoms with Crippen LogP contribution < -0.4 is 10.5 Å². The molecule has 0 aliphatic rings. The fourth-order valence-corrected chi connectivity index (χ4v) is 4.42. The van der Waals surface area contributed by atoms with Crippen LogP contribution in [0.3, 0.4) is 0 Å². The minimum atomic E-state index is -1.07. The second kappa shape index (κ2) is 9.00. The summed E-state index contributed by atoms with van der Waals surface area (Å²) in [6.45, 7) is 1.79. The molecule has 0 radical (unpaired) electrons. The Hall–Kier alpha value is -5.25. The Bertz CT molecular complexity index is 1820. The van der Waals surface area contributed by atoms with Crippen molar-refractivity contribution >= 4 is 22.5 Å². The van der Waals surface area contributed by atoms with Gasteiger partial charge in [-0.15, -0.1) is 0 Å². The van der Waals surface area contributed by atoms with Crippen molar-refractivity contribution in [2.45, 2.75) is 6.92 Å². The molecule has 0 spiro atoms. The average Bonchev–Trinajstić information content (AvgIpc) is 3.67. The maximum atomic E-state index is 14.0. The number of carbonyl (C=O) groups excluding carboxylic acids is 1. The first kappa shape index (κ1) is 23.2. The zero-order valence-corrected chi connectivity index (χ0v) is 20.0. The molecule has 3 aromatic heterocycles. The molecule has 0 saturated carbocycles. The van der Waals surface area contributed by atoms with Gasteiger partial charge in [0.1, 0.15) is 11.6 Å². The minimum Gasteiger partial charge on any atom is -0.454 e. The Morgan fingerprint density at radius 3 is 2.68 bits per heavy atom. The number of benzene rings is 3. The molecular formula is C28H20F2N6O2. The van der Waals surface area contributed by atoms with Crippen molar-refractivity contribution in [2.24, 2.45) is 0 Å². The number of halogens is 2. The first-order chi connectivity index (χ1) is 18.4. The number of nitrogens with one attached hydrogen (secondary N) is 2. The lowest BCUT2D eigenvalue weighted by Crippen LogP contribution is -2.08. The second-order valence-corrected chi connectivity index (χ2v) is 8.72. The van der Waals surface area contributed by atoms with Gasteiger partial charge in [0.2, 0.25) is 11.6 Å². The smallest absolute Gasteiger partial charge is 0.214 e. The van der Waals surface area contributed by atoms with Crippen LogP contribution in [0.4, 0.5) is 14.6 Å². The van der Waals surface area contributed by atoms with Gasteiger partial charge in [-0.1, -0.05) is 18.2 Å². The van der Waals surface area contributed by atoms with E-state index in [4.69, 9.17) is 10.5 Å². The normalized spacial score (nSPS) is 11.2. The van der Waals surface area contributed by atoms with Crippen LogP contribution in [-0.2, 0) is 0 Å². The van der Waals surface area contributed by atoms with E-state index in [1.807, 2.05) is 18.2 Å². The van der Waals surface area contributed by atoms with Gasteiger partial charge in [0.15, 0.2) is 11.6 Å². The molecule has 0 unspecified atom stereocenters. The molecular weight excluding hydrogens is 490 g/mol. The van der Waals surface area contributed by atoms with Gasteiger partial charge in [-0.2, -0.15) is 14.6 Å². The predicted molar refractivity (Wildman–Crippen MR) is 138 cm³/mol. The highest BCUT2D eigenvalue weighted by atomic mass is 19.2. The molecule has 38 heavy (non-hydrogen) atoms. The van der Waals surface area contributed by atoms with Gasteiger partial charge < -0.3 is 15.5 Å². The number of hydrogen-bond donors (Lipinski definition) is 3. The zero-order valence-electron chi connectivity index (χ0n) is 20.0. The molecule has 0 atom stereocenters. The third-order valence-corrected chi connectivity index (χ3v) is 6.31. The number of carbonyl (C=O) groups is 1. The zero-order chi connectivity index (χ0) is 26.4. The standard InChI is InChI=1S/C28H20F2N6O2/c1-15-10-17(38-25-7-3-5-21(29)26(25)30)8-9-24(15)36-28(31)20(14-34-36)27(37)23-11-19-18(16-12-32-33-13-16)4-2-6-22(19)35-23/h2-14,35H,31H2,1H3,(H,32,33). The van der Waals surface area contributed by atoms with Gasteiger partial charge in [0.25, 0.3) is 0 Å². The second-order valence-electron chi connectivity index (χ2n) is 8.72. The van der Waals surface area contributed by atoms with Crippen LogP contribution in [0, 0.1) is 18.6 Å². The summed E-state index contributed by atoms with van der Waals surface area (Å²) in [6.07, 6.45) is 4.93. The number of nitrogens with two attached hydrogens (primary N) is 1. The number of aromatic nitrogens is 5. The number of rotatable bonds is 6. The van der Waals surface area contributed by atoms with Crippen LogP contribution in [0.1, 0.15) is 21.6 Å². The SMILES string of the molecule is Cc1cc(Oc2cccc(F)c2F)ccc1-n1ncc(C(=O)c2cc3c(-c4cn[nH]c4)cccc3[nH]2)c1N. The molecule has 3 heterocycles. The Kier molecular flexibility index (Phi) is 5.49. The van der Waals surface area contributed by atoms with Gasteiger partial charge >= 0.3 is 0 Å². The average molecular weight is 511 g/mol. The maximum absolute atomic E-state index is 14.0. The van der Waals surface area contributed by atoms with Crippen molar-refractivity contribution < 1.29 is 18.3 Å². The number of aryl methyl sites for hydroxylation is 1. The number of ether oxygens (including phenoxy) is 1. The molecule has 0 aliphatic heterocycles. The van der Waals surface area contributed by atoms with Crippen molar-refractivity contribution in [1.29, 1.82) is 0 Å². The molecule has 6 aromatic rings. The van der Waals surface area contributed by atoms with Crippen molar-refractivity contribution in [1.82, 2.24) is 25.0 Å². The predicted octanol–water partition coefficient (Wildman–Crippen LogP) is 5.94. The number of nitrogen functional groups attached to an aromatic ring is 1. The Morgan fingerprint density at radius 1 is 1.05 bits per heavy atom. The molecule has 0 bridgehead atoms. The summed E-state index contributed by atoms with van der Waals surface area (Å²) in [7, 11) is 0. The molecule has 4 N–H and O–H groups in total. The van der Waals surface area contributed by atoms with E-state index in [1.165, 1.54) is 23.0 Å². The number of anilines is 1. The van der Waals surface area contributed by atoms with E-state index in [0.717, 1.165) is 28.1 Å². The molecule has 188 valence electrons. The van der Waals surface area contributed by atoms with Crippen molar-refractivity contribution in [2.75, 3.05) is 5.73 Å². The minimum absolute atomic E-state index is 0.164. The molecule has 3 aromatic carbocycles. The first-order valence-corrected chi connectivity index (χ1v) is 11.6. The number of aromatic amines is 2. The number of nitrogens with zero attached hydrogens (tertiary/aromatic N) is 3. The topological polar surface area (TPSA) is 115 Å². The van der Waals surface area contributed by atoms with Crippen molar-refractivity contribution in [3.63, 3.8) is 0 Å². The van der Waals surface area contributed by atoms with Crippen LogP contribution in [-0.4, -0.2) is 30.7 Å². The summed E-state index contributed by atoms with van der Waals surface area (Å²) in [6, 6.07) is 16.2. The summed E-state index contributed by atoms with van der Waals surface area (Å²) < 4.78 is 34.5. The highest BCUT2D eigenvalue weighted by molar-refractivity contribution is 6.13. The van der Waals surface area contributed by atoms with Gasteiger partial charge in [0.05, 0.1) is 29.3 Å². The largest absolute Gasteiger partial charge is 0.454 e. The first-order valence-electron chi connectivity index (χ1n) is 11.6. The van der Waals surface area contributed by atoms with E-state index in [2.05, 4.69) is 20.3 Å². The van der Waals surface area contributed by atoms with E-state index in [1.54, 1.807) is 43.6 Å². The van der Waals surface area contributed by atoms with Gasteiger partial charge in [-0.3, -0.25) is 9.89 Å². The van der Waals surface area contributed by atoms with Gasteiger partial charge in [-0.05, 0) is 60.5 Å². The molecule has 0 fully saturated rings. The quantitative estimate of drug-likeness (QED) is 0.240. The molecule has 6 rings (SSSR count). The van der Waals surface area contributed by atoms with Crippen LogP contribution in [0.5, 0.6) is 11.5 Å². The van der Waals surface area contributed by atoms with E-state index < -0.39 is 11.6 Å². The number of hydrogen-bond acceptors (Lipinski definition) is 5.